The van der Waals surface area contributed by atoms with E-state index in [2.05, 4.69) is 25.8 Å². The molecular weight excluding hydrogens is 302 g/mol. The Bertz CT molecular complexity index is 665. The summed E-state index contributed by atoms with van der Waals surface area (Å²) < 4.78 is 3.73. The zero-order chi connectivity index (χ0) is 15.5. The van der Waals surface area contributed by atoms with E-state index in [1.54, 1.807) is 22.6 Å². The molecule has 0 spiro atoms. The van der Waals surface area contributed by atoms with E-state index in [0.717, 1.165) is 36.7 Å². The molecule has 1 N–H and O–H groups in total. The van der Waals surface area contributed by atoms with Crippen molar-refractivity contribution >= 4 is 17.7 Å². The van der Waals surface area contributed by atoms with Crippen molar-refractivity contribution in [3.05, 3.63) is 17.7 Å². The number of nitrogens with zero attached hydrogens (tertiary/aromatic N) is 6. The van der Waals surface area contributed by atoms with E-state index in [1.165, 1.54) is 0 Å². The van der Waals surface area contributed by atoms with E-state index in [1.807, 2.05) is 17.9 Å². The van der Waals surface area contributed by atoms with E-state index in [-0.39, 0.29) is 11.8 Å². The third-order valence-corrected chi connectivity index (χ3v) is 4.71. The number of amides is 1. The molecule has 9 heteroatoms. The van der Waals surface area contributed by atoms with Crippen molar-refractivity contribution in [1.82, 2.24) is 35.1 Å². The third kappa shape index (κ3) is 2.85. The second-order valence-corrected chi connectivity index (χ2v) is 6.10. The number of rotatable bonds is 4. The van der Waals surface area contributed by atoms with Crippen LogP contribution < -0.4 is 5.32 Å². The lowest BCUT2D eigenvalue weighted by atomic mass is 10.0. The summed E-state index contributed by atoms with van der Waals surface area (Å²) in [6.45, 7) is 1.24. The molecule has 8 nitrogen and oxygen atoms in total. The molecule has 3 heterocycles. The SMILES string of the molecule is CSc1ncc(CNC(=O)[C@@H]2CCCCn3nnnc32)n1C. The van der Waals surface area contributed by atoms with Gasteiger partial charge in [-0.3, -0.25) is 4.79 Å². The molecule has 0 unspecified atom stereocenters. The van der Waals surface area contributed by atoms with Crippen LogP contribution in [0.1, 0.15) is 36.7 Å². The Hall–Kier alpha value is -1.90. The number of nitrogens with one attached hydrogen (secondary N) is 1. The first kappa shape index (κ1) is 15.0. The Kier molecular flexibility index (Phi) is 4.41. The Morgan fingerprint density at radius 2 is 2.36 bits per heavy atom. The summed E-state index contributed by atoms with van der Waals surface area (Å²) in [7, 11) is 1.95. The molecule has 3 rings (SSSR count). The van der Waals surface area contributed by atoms with Crippen LogP contribution in [0.2, 0.25) is 0 Å². The molecule has 1 aliphatic rings. The van der Waals surface area contributed by atoms with Gasteiger partial charge in [0.15, 0.2) is 11.0 Å². The average molecular weight is 321 g/mol. The smallest absolute Gasteiger partial charge is 0.231 e. The number of carbonyl (C=O) groups is 1. The Morgan fingerprint density at radius 1 is 1.50 bits per heavy atom. The van der Waals surface area contributed by atoms with Gasteiger partial charge in [0.2, 0.25) is 5.91 Å². The molecule has 1 atom stereocenters. The highest BCUT2D eigenvalue weighted by atomic mass is 32.2. The summed E-state index contributed by atoms with van der Waals surface area (Å²) in [6, 6.07) is 0. The summed E-state index contributed by atoms with van der Waals surface area (Å²) in [4.78, 5) is 16.8. The lowest BCUT2D eigenvalue weighted by Crippen LogP contribution is -2.30. The number of carbonyl (C=O) groups excluding carboxylic acids is 1. The fourth-order valence-electron chi connectivity index (χ4n) is 2.69. The van der Waals surface area contributed by atoms with Crippen molar-refractivity contribution < 1.29 is 4.79 Å². The molecule has 0 fully saturated rings. The zero-order valence-electron chi connectivity index (χ0n) is 12.7. The van der Waals surface area contributed by atoms with Crippen molar-refractivity contribution in [2.45, 2.75) is 43.4 Å². The minimum absolute atomic E-state index is 0.0233. The quantitative estimate of drug-likeness (QED) is 0.834. The Balaban J connectivity index is 1.68. The van der Waals surface area contributed by atoms with Crippen molar-refractivity contribution in [2.24, 2.45) is 7.05 Å². The molecule has 2 aromatic heterocycles. The minimum atomic E-state index is -0.272. The predicted octanol–water partition coefficient (Wildman–Crippen LogP) is 0.712. The van der Waals surface area contributed by atoms with Crippen molar-refractivity contribution in [3.8, 4) is 0 Å². The fourth-order valence-corrected chi connectivity index (χ4v) is 3.24. The molecule has 0 saturated heterocycles. The van der Waals surface area contributed by atoms with Crippen LogP contribution in [0.3, 0.4) is 0 Å². The zero-order valence-corrected chi connectivity index (χ0v) is 13.5. The van der Waals surface area contributed by atoms with Crippen LogP contribution in [0.4, 0.5) is 0 Å². The second kappa shape index (κ2) is 6.47. The number of imidazole rings is 1. The van der Waals surface area contributed by atoms with Gasteiger partial charge >= 0.3 is 0 Å². The van der Waals surface area contributed by atoms with Crippen molar-refractivity contribution in [1.29, 1.82) is 0 Å². The van der Waals surface area contributed by atoms with Gasteiger partial charge in [-0.1, -0.05) is 18.2 Å². The number of thioether (sulfide) groups is 1. The largest absolute Gasteiger partial charge is 0.350 e. The number of aromatic nitrogens is 6. The topological polar surface area (TPSA) is 90.5 Å². The number of fused-ring (bicyclic) bond motifs is 1. The summed E-state index contributed by atoms with van der Waals surface area (Å²) in [5.74, 6) is 0.375. The van der Waals surface area contributed by atoms with Gasteiger partial charge in [0.25, 0.3) is 0 Å². The maximum atomic E-state index is 12.5. The van der Waals surface area contributed by atoms with Gasteiger partial charge in [-0.2, -0.15) is 0 Å². The average Bonchev–Trinajstić information content (AvgIpc) is 3.06. The first-order chi connectivity index (χ1) is 10.7. The molecule has 1 amide bonds. The van der Waals surface area contributed by atoms with Gasteiger partial charge in [0.1, 0.15) is 0 Å². The first-order valence-electron chi connectivity index (χ1n) is 7.29. The molecule has 0 aliphatic carbocycles. The molecule has 2 aromatic rings. The van der Waals surface area contributed by atoms with Crippen LogP contribution in [0.15, 0.2) is 11.4 Å². The van der Waals surface area contributed by atoms with Gasteiger partial charge in [-0.05, 0) is 29.5 Å². The lowest BCUT2D eigenvalue weighted by Gasteiger charge is -2.13. The van der Waals surface area contributed by atoms with Crippen LogP contribution in [0.25, 0.3) is 0 Å². The number of hydrogen-bond donors (Lipinski definition) is 1. The van der Waals surface area contributed by atoms with Gasteiger partial charge in [0.05, 0.1) is 24.4 Å². The number of tetrazole rings is 1. The molecule has 22 heavy (non-hydrogen) atoms. The van der Waals surface area contributed by atoms with Gasteiger partial charge in [0, 0.05) is 13.6 Å². The highest BCUT2D eigenvalue weighted by molar-refractivity contribution is 7.98. The van der Waals surface area contributed by atoms with E-state index in [9.17, 15) is 4.79 Å². The highest BCUT2D eigenvalue weighted by Crippen LogP contribution is 2.24. The van der Waals surface area contributed by atoms with Crippen LogP contribution in [-0.4, -0.2) is 41.9 Å². The molecule has 0 radical (unpaired) electrons. The van der Waals surface area contributed by atoms with Crippen molar-refractivity contribution in [2.75, 3.05) is 6.26 Å². The van der Waals surface area contributed by atoms with E-state index in [0.29, 0.717) is 12.4 Å². The molecule has 1 aliphatic heterocycles. The Labute approximate surface area is 132 Å². The summed E-state index contributed by atoms with van der Waals surface area (Å²) in [5, 5.41) is 15.6. The van der Waals surface area contributed by atoms with Crippen molar-refractivity contribution in [3.63, 3.8) is 0 Å². The van der Waals surface area contributed by atoms with Gasteiger partial charge in [-0.15, -0.1) is 5.10 Å². The van der Waals surface area contributed by atoms with E-state index >= 15 is 0 Å². The van der Waals surface area contributed by atoms with Gasteiger partial charge < -0.3 is 9.88 Å². The molecule has 0 bridgehead atoms. The maximum absolute atomic E-state index is 12.5. The summed E-state index contributed by atoms with van der Waals surface area (Å²) in [6.07, 6.45) is 6.55. The fraction of sp³-hybridized carbons (Fsp3) is 0.615. The highest BCUT2D eigenvalue weighted by Gasteiger charge is 2.28. The molecule has 0 saturated carbocycles. The Morgan fingerprint density at radius 3 is 3.14 bits per heavy atom. The normalized spacial score (nSPS) is 17.8. The van der Waals surface area contributed by atoms with Gasteiger partial charge in [-0.25, -0.2) is 9.67 Å². The van der Waals surface area contributed by atoms with Crippen LogP contribution in [0.5, 0.6) is 0 Å². The number of aryl methyl sites for hydroxylation is 1. The van der Waals surface area contributed by atoms with E-state index < -0.39 is 0 Å². The molecular formula is C13H19N7OS. The predicted molar refractivity (Wildman–Crippen MR) is 81.2 cm³/mol. The number of hydrogen-bond acceptors (Lipinski definition) is 6. The summed E-state index contributed by atoms with van der Waals surface area (Å²) in [5.41, 5.74) is 0.978. The van der Waals surface area contributed by atoms with Crippen LogP contribution in [0, 0.1) is 0 Å². The first-order valence-corrected chi connectivity index (χ1v) is 8.51. The minimum Gasteiger partial charge on any atom is -0.350 e. The lowest BCUT2D eigenvalue weighted by molar-refractivity contribution is -0.123. The summed E-state index contributed by atoms with van der Waals surface area (Å²) >= 11 is 1.58. The third-order valence-electron chi connectivity index (χ3n) is 3.97. The van der Waals surface area contributed by atoms with Crippen LogP contribution in [-0.2, 0) is 24.9 Å². The second-order valence-electron chi connectivity index (χ2n) is 5.32. The monoisotopic (exact) mass is 321 g/mol. The maximum Gasteiger partial charge on any atom is 0.231 e. The van der Waals surface area contributed by atoms with E-state index in [4.69, 9.17) is 0 Å². The molecule has 0 aromatic carbocycles. The van der Waals surface area contributed by atoms with Crippen LogP contribution >= 0.6 is 11.8 Å². The standard InChI is InChI=1S/C13H19N7OS/c1-19-9(8-15-13(19)22-2)7-14-12(21)10-5-3-4-6-20-11(10)16-17-18-20/h8,10H,3-7H2,1-2H3,(H,14,21)/t10-/m1/s1. The molecule has 118 valence electrons.